The van der Waals surface area contributed by atoms with Gasteiger partial charge in [-0.1, -0.05) is 12.1 Å². The fraction of sp³-hybridized carbons (Fsp3) is 0.474. The van der Waals surface area contributed by atoms with E-state index in [4.69, 9.17) is 10.5 Å². The van der Waals surface area contributed by atoms with Crippen LogP contribution in [0.1, 0.15) is 12.0 Å². The fourth-order valence-corrected chi connectivity index (χ4v) is 2.96. The molecule has 0 spiro atoms. The number of aromatic nitrogens is 2. The lowest BCUT2D eigenvalue weighted by Crippen LogP contribution is -2.43. The van der Waals surface area contributed by atoms with Gasteiger partial charge in [-0.15, -0.1) is 0 Å². The Labute approximate surface area is 159 Å². The third-order valence-electron chi connectivity index (χ3n) is 4.61. The first kappa shape index (κ1) is 19.2. The van der Waals surface area contributed by atoms with Crippen molar-refractivity contribution in [2.24, 2.45) is 0 Å². The molecule has 0 unspecified atom stereocenters. The summed E-state index contributed by atoms with van der Waals surface area (Å²) in [7, 11) is 2.17. The molecule has 2 heterocycles. The number of anilines is 2. The molecule has 0 bridgehead atoms. The van der Waals surface area contributed by atoms with Gasteiger partial charge >= 0.3 is 0 Å². The van der Waals surface area contributed by atoms with Crippen molar-refractivity contribution in [3.05, 3.63) is 46.4 Å². The highest BCUT2D eigenvalue weighted by atomic mass is 16.5. The summed E-state index contributed by atoms with van der Waals surface area (Å²) in [5.74, 6) is 1.31. The standard InChI is InChI=1S/C19H28N6O2/c1-24-7-9-25(10-8-24)14-15-4-2-5-16(12-15)27-11-3-6-21-19-22-13-17(20)18(26)23-19/h2,4-5,12-13H,3,6-11,14,20H2,1H3,(H2,21,22,23,26). The molecule has 1 saturated heterocycles. The minimum atomic E-state index is -0.332. The Hall–Kier alpha value is -2.58. The van der Waals surface area contributed by atoms with Gasteiger partial charge in [-0.2, -0.15) is 0 Å². The topological polar surface area (TPSA) is 99.5 Å². The quantitative estimate of drug-likeness (QED) is 0.594. The van der Waals surface area contributed by atoms with E-state index in [-0.39, 0.29) is 11.2 Å². The molecule has 27 heavy (non-hydrogen) atoms. The molecule has 1 fully saturated rings. The number of likely N-dealkylation sites (N-methyl/N-ethyl adjacent to an activating group) is 1. The first-order chi connectivity index (χ1) is 13.1. The monoisotopic (exact) mass is 372 g/mol. The predicted molar refractivity (Wildman–Crippen MR) is 107 cm³/mol. The van der Waals surface area contributed by atoms with Crippen LogP contribution in [-0.4, -0.2) is 66.1 Å². The molecule has 8 nitrogen and oxygen atoms in total. The van der Waals surface area contributed by atoms with E-state index in [1.54, 1.807) is 0 Å². The number of H-pyrrole nitrogens is 1. The van der Waals surface area contributed by atoms with E-state index in [9.17, 15) is 4.79 Å². The molecule has 1 aliphatic heterocycles. The molecule has 1 aromatic carbocycles. The van der Waals surface area contributed by atoms with E-state index < -0.39 is 0 Å². The molecule has 3 rings (SSSR count). The van der Waals surface area contributed by atoms with Crippen LogP contribution in [0, 0.1) is 0 Å². The molecule has 4 N–H and O–H groups in total. The average molecular weight is 372 g/mol. The number of hydrogen-bond acceptors (Lipinski definition) is 7. The van der Waals surface area contributed by atoms with Gasteiger partial charge in [0.05, 0.1) is 12.8 Å². The largest absolute Gasteiger partial charge is 0.494 e. The van der Waals surface area contributed by atoms with Gasteiger partial charge in [0.2, 0.25) is 5.95 Å². The molecule has 1 aliphatic rings. The second-order valence-electron chi connectivity index (χ2n) is 6.87. The molecule has 2 aromatic rings. The van der Waals surface area contributed by atoms with Crippen LogP contribution in [0.5, 0.6) is 5.75 Å². The highest BCUT2D eigenvalue weighted by molar-refractivity contribution is 5.35. The van der Waals surface area contributed by atoms with E-state index in [1.165, 1.54) is 11.8 Å². The first-order valence-electron chi connectivity index (χ1n) is 9.31. The molecular weight excluding hydrogens is 344 g/mol. The Bertz CT molecular complexity index is 786. The third-order valence-corrected chi connectivity index (χ3v) is 4.61. The van der Waals surface area contributed by atoms with Crippen molar-refractivity contribution in [2.45, 2.75) is 13.0 Å². The van der Waals surface area contributed by atoms with Gasteiger partial charge in [-0.3, -0.25) is 14.7 Å². The van der Waals surface area contributed by atoms with Crippen LogP contribution in [0.2, 0.25) is 0 Å². The lowest BCUT2D eigenvalue weighted by atomic mass is 10.2. The minimum absolute atomic E-state index is 0.111. The highest BCUT2D eigenvalue weighted by Crippen LogP contribution is 2.16. The number of nitrogen functional groups attached to an aromatic ring is 1. The zero-order valence-electron chi connectivity index (χ0n) is 15.8. The second kappa shape index (κ2) is 9.38. The summed E-state index contributed by atoms with van der Waals surface area (Å²) < 4.78 is 5.85. The van der Waals surface area contributed by atoms with Gasteiger partial charge in [0, 0.05) is 39.3 Å². The van der Waals surface area contributed by atoms with Crippen molar-refractivity contribution in [3.63, 3.8) is 0 Å². The van der Waals surface area contributed by atoms with Crippen molar-refractivity contribution < 1.29 is 4.74 Å². The molecule has 146 valence electrons. The molecule has 0 amide bonds. The molecular formula is C19H28N6O2. The lowest BCUT2D eigenvalue weighted by Gasteiger charge is -2.32. The van der Waals surface area contributed by atoms with Crippen LogP contribution < -0.4 is 21.3 Å². The van der Waals surface area contributed by atoms with Crippen molar-refractivity contribution in [3.8, 4) is 5.75 Å². The highest BCUT2D eigenvalue weighted by Gasteiger charge is 2.13. The summed E-state index contributed by atoms with van der Waals surface area (Å²) in [6, 6.07) is 8.29. The zero-order valence-corrected chi connectivity index (χ0v) is 15.8. The summed E-state index contributed by atoms with van der Waals surface area (Å²) in [6.07, 6.45) is 2.14. The first-order valence-corrected chi connectivity index (χ1v) is 9.31. The Kier molecular flexibility index (Phi) is 6.67. The van der Waals surface area contributed by atoms with Crippen LogP contribution in [0.25, 0.3) is 0 Å². The van der Waals surface area contributed by atoms with Crippen LogP contribution in [0.15, 0.2) is 35.3 Å². The summed E-state index contributed by atoms with van der Waals surface area (Å²) in [5.41, 5.74) is 6.50. The predicted octanol–water partition coefficient (Wildman–Crippen LogP) is 0.981. The summed E-state index contributed by atoms with van der Waals surface area (Å²) in [6.45, 7) is 6.65. The van der Waals surface area contributed by atoms with Crippen LogP contribution >= 0.6 is 0 Å². The van der Waals surface area contributed by atoms with Crippen molar-refractivity contribution in [1.29, 1.82) is 0 Å². The second-order valence-corrected chi connectivity index (χ2v) is 6.87. The molecule has 1 aromatic heterocycles. The number of hydrogen-bond donors (Lipinski definition) is 3. The molecule has 8 heteroatoms. The van der Waals surface area contributed by atoms with Crippen LogP contribution in [0.3, 0.4) is 0 Å². The molecule has 0 saturated carbocycles. The van der Waals surface area contributed by atoms with Gasteiger partial charge in [0.1, 0.15) is 11.4 Å². The number of ether oxygens (including phenoxy) is 1. The summed E-state index contributed by atoms with van der Waals surface area (Å²) >= 11 is 0. The SMILES string of the molecule is CN1CCN(Cc2cccc(OCCCNc3ncc(N)c(=O)[nH]3)c2)CC1. The van der Waals surface area contributed by atoms with E-state index in [0.717, 1.165) is 44.9 Å². The zero-order chi connectivity index (χ0) is 19.1. The van der Waals surface area contributed by atoms with Crippen molar-refractivity contribution in [2.75, 3.05) is 57.4 Å². The van der Waals surface area contributed by atoms with Crippen LogP contribution in [-0.2, 0) is 6.54 Å². The van der Waals surface area contributed by atoms with Gasteiger partial charge in [-0.05, 0) is 31.2 Å². The van der Waals surface area contributed by atoms with Crippen LogP contribution in [0.4, 0.5) is 11.6 Å². The number of nitrogens with two attached hydrogens (primary N) is 1. The Morgan fingerprint density at radius 1 is 1.30 bits per heavy atom. The Balaban J connectivity index is 1.39. The minimum Gasteiger partial charge on any atom is -0.494 e. The number of benzene rings is 1. The van der Waals surface area contributed by atoms with Gasteiger partial charge in [0.25, 0.3) is 5.56 Å². The van der Waals surface area contributed by atoms with Gasteiger partial charge in [-0.25, -0.2) is 4.98 Å². The fourth-order valence-electron chi connectivity index (χ4n) is 2.96. The van der Waals surface area contributed by atoms with Crippen molar-refractivity contribution in [1.82, 2.24) is 19.8 Å². The maximum Gasteiger partial charge on any atom is 0.275 e. The lowest BCUT2D eigenvalue weighted by molar-refractivity contribution is 0.148. The van der Waals surface area contributed by atoms with E-state index in [2.05, 4.69) is 44.3 Å². The number of rotatable bonds is 8. The number of piperazine rings is 1. The number of aromatic amines is 1. The maximum absolute atomic E-state index is 11.4. The van der Waals surface area contributed by atoms with Gasteiger partial charge in [0.15, 0.2) is 0 Å². The number of nitrogens with one attached hydrogen (secondary N) is 2. The Morgan fingerprint density at radius 2 is 2.11 bits per heavy atom. The average Bonchev–Trinajstić information content (AvgIpc) is 2.66. The number of nitrogens with zero attached hydrogens (tertiary/aromatic N) is 3. The van der Waals surface area contributed by atoms with E-state index in [0.29, 0.717) is 19.1 Å². The summed E-state index contributed by atoms with van der Waals surface area (Å²) in [4.78, 5) is 22.9. The molecule has 0 atom stereocenters. The molecule has 0 radical (unpaired) electrons. The third kappa shape index (κ3) is 5.97. The van der Waals surface area contributed by atoms with Gasteiger partial charge < -0.3 is 20.7 Å². The van der Waals surface area contributed by atoms with Crippen molar-refractivity contribution >= 4 is 11.6 Å². The normalized spacial score (nSPS) is 15.6. The van der Waals surface area contributed by atoms with E-state index >= 15 is 0 Å². The maximum atomic E-state index is 11.4. The smallest absolute Gasteiger partial charge is 0.275 e. The molecule has 0 aliphatic carbocycles. The summed E-state index contributed by atoms with van der Waals surface area (Å²) in [5, 5.41) is 3.06. The van der Waals surface area contributed by atoms with E-state index in [1.807, 2.05) is 12.1 Å². The Morgan fingerprint density at radius 3 is 2.89 bits per heavy atom.